The topological polar surface area (TPSA) is 122 Å². The first-order valence-corrected chi connectivity index (χ1v) is 5.53. The first-order valence-electron chi connectivity index (χ1n) is 5.53. The van der Waals surface area contributed by atoms with Crippen LogP contribution in [0, 0.1) is 0 Å². The maximum Gasteiger partial charge on any atom is 0.326 e. The Morgan fingerprint density at radius 1 is 1.35 bits per heavy atom. The largest absolute Gasteiger partial charge is 0.480 e. The van der Waals surface area contributed by atoms with Crippen molar-refractivity contribution in [2.75, 3.05) is 6.54 Å². The molecule has 7 nitrogen and oxygen atoms in total. The number of carbonyl (C=O) groups excluding carboxylic acids is 2. The second-order valence-corrected chi connectivity index (χ2v) is 4.12. The van der Waals surface area contributed by atoms with Crippen molar-refractivity contribution in [2.24, 2.45) is 5.73 Å². The summed E-state index contributed by atoms with van der Waals surface area (Å²) in [4.78, 5) is 32.7. The number of hydrogen-bond acceptors (Lipinski definition) is 4. The maximum atomic E-state index is 11.4. The fourth-order valence-electron chi connectivity index (χ4n) is 1.31. The Labute approximate surface area is 98.7 Å². The number of rotatable bonds is 8. The molecule has 2 amide bonds. The van der Waals surface area contributed by atoms with Crippen LogP contribution in [0.1, 0.15) is 25.7 Å². The Bertz CT molecular complexity index is 315. The molecule has 96 valence electrons. The van der Waals surface area contributed by atoms with Gasteiger partial charge in [0, 0.05) is 12.5 Å². The normalized spacial score (nSPS) is 16.2. The van der Waals surface area contributed by atoms with Gasteiger partial charge < -0.3 is 21.5 Å². The molecule has 5 N–H and O–H groups in total. The molecule has 0 aliphatic heterocycles. The third kappa shape index (κ3) is 5.86. The van der Waals surface area contributed by atoms with Crippen molar-refractivity contribution in [3.05, 3.63) is 0 Å². The van der Waals surface area contributed by atoms with Crippen LogP contribution < -0.4 is 16.4 Å². The van der Waals surface area contributed by atoms with Crippen LogP contribution in [0.4, 0.5) is 0 Å². The first-order chi connectivity index (χ1) is 7.99. The average Bonchev–Trinajstić information content (AvgIpc) is 3.04. The van der Waals surface area contributed by atoms with Crippen LogP contribution in [0.3, 0.4) is 0 Å². The molecule has 0 heterocycles. The Balaban J connectivity index is 2.28. The van der Waals surface area contributed by atoms with Crippen molar-refractivity contribution in [1.29, 1.82) is 0 Å². The quantitative estimate of drug-likeness (QED) is 0.416. The smallest absolute Gasteiger partial charge is 0.326 e. The predicted octanol–water partition coefficient (Wildman–Crippen LogP) is -1.43. The lowest BCUT2D eigenvalue weighted by Crippen LogP contribution is -2.45. The molecule has 0 bridgehead atoms. The minimum absolute atomic E-state index is 0.0137. The molecule has 0 saturated heterocycles. The van der Waals surface area contributed by atoms with E-state index in [4.69, 9.17) is 10.8 Å². The van der Waals surface area contributed by atoms with Crippen LogP contribution >= 0.6 is 0 Å². The summed E-state index contributed by atoms with van der Waals surface area (Å²) in [6.45, 7) is 0.102. The Morgan fingerprint density at radius 2 is 2.00 bits per heavy atom. The molecule has 1 fully saturated rings. The zero-order chi connectivity index (χ0) is 12.8. The van der Waals surface area contributed by atoms with Crippen molar-refractivity contribution in [3.63, 3.8) is 0 Å². The van der Waals surface area contributed by atoms with E-state index in [0.717, 1.165) is 12.8 Å². The molecule has 0 aromatic carbocycles. The summed E-state index contributed by atoms with van der Waals surface area (Å²) >= 11 is 0. The third-order valence-corrected chi connectivity index (χ3v) is 2.44. The molecule has 7 heteroatoms. The minimum Gasteiger partial charge on any atom is -0.480 e. The highest BCUT2D eigenvalue weighted by Crippen LogP contribution is 2.17. The fraction of sp³-hybridized carbons (Fsp3) is 0.700. The van der Waals surface area contributed by atoms with Crippen LogP contribution in [0.25, 0.3) is 0 Å². The SMILES string of the molecule is NC(=O)CC[C@H](NC(=O)CNC1CC1)C(=O)O. The molecule has 1 aliphatic rings. The van der Waals surface area contributed by atoms with E-state index >= 15 is 0 Å². The van der Waals surface area contributed by atoms with Gasteiger partial charge in [-0.2, -0.15) is 0 Å². The highest BCUT2D eigenvalue weighted by atomic mass is 16.4. The van der Waals surface area contributed by atoms with Crippen molar-refractivity contribution in [2.45, 2.75) is 37.8 Å². The number of nitrogens with one attached hydrogen (secondary N) is 2. The van der Waals surface area contributed by atoms with Gasteiger partial charge in [0.15, 0.2) is 0 Å². The van der Waals surface area contributed by atoms with Gasteiger partial charge in [-0.1, -0.05) is 0 Å². The Kier molecular flexibility index (Phi) is 4.89. The molecule has 0 spiro atoms. The monoisotopic (exact) mass is 243 g/mol. The number of hydrogen-bond donors (Lipinski definition) is 4. The van der Waals surface area contributed by atoms with E-state index in [9.17, 15) is 14.4 Å². The summed E-state index contributed by atoms with van der Waals surface area (Å²) in [5.74, 6) is -2.12. The number of primary amides is 1. The van der Waals surface area contributed by atoms with E-state index in [1.54, 1.807) is 0 Å². The van der Waals surface area contributed by atoms with Crippen LogP contribution in [-0.4, -0.2) is 41.5 Å². The van der Waals surface area contributed by atoms with Gasteiger partial charge in [-0.25, -0.2) is 4.79 Å². The molecule has 0 aromatic rings. The molecule has 1 aliphatic carbocycles. The lowest BCUT2D eigenvalue weighted by Gasteiger charge is -2.13. The zero-order valence-electron chi connectivity index (χ0n) is 9.44. The lowest BCUT2D eigenvalue weighted by molar-refractivity contribution is -0.142. The molecule has 1 atom stereocenters. The van der Waals surface area contributed by atoms with E-state index in [-0.39, 0.29) is 25.3 Å². The van der Waals surface area contributed by atoms with Crippen LogP contribution in [0.2, 0.25) is 0 Å². The second-order valence-electron chi connectivity index (χ2n) is 4.12. The maximum absolute atomic E-state index is 11.4. The van der Waals surface area contributed by atoms with E-state index in [1.807, 2.05) is 0 Å². The molecule has 1 saturated carbocycles. The lowest BCUT2D eigenvalue weighted by atomic mass is 10.1. The van der Waals surface area contributed by atoms with Gasteiger partial charge in [0.05, 0.1) is 6.54 Å². The van der Waals surface area contributed by atoms with Crippen LogP contribution in [0.5, 0.6) is 0 Å². The number of carbonyl (C=O) groups is 3. The van der Waals surface area contributed by atoms with Gasteiger partial charge in [0.2, 0.25) is 11.8 Å². The summed E-state index contributed by atoms with van der Waals surface area (Å²) in [6.07, 6.45) is 2.06. The van der Waals surface area contributed by atoms with Crippen molar-refractivity contribution < 1.29 is 19.5 Å². The van der Waals surface area contributed by atoms with Crippen molar-refractivity contribution in [1.82, 2.24) is 10.6 Å². The Hall–Kier alpha value is -1.63. The van der Waals surface area contributed by atoms with Gasteiger partial charge in [-0.3, -0.25) is 9.59 Å². The molecular weight excluding hydrogens is 226 g/mol. The number of carboxylic acid groups (broad SMARTS) is 1. The van der Waals surface area contributed by atoms with Crippen LogP contribution in [-0.2, 0) is 14.4 Å². The Morgan fingerprint density at radius 3 is 2.47 bits per heavy atom. The second kappa shape index (κ2) is 6.19. The molecular formula is C10H17N3O4. The third-order valence-electron chi connectivity index (χ3n) is 2.44. The number of carboxylic acids is 1. The summed E-state index contributed by atoms with van der Waals surface area (Å²) in [7, 11) is 0. The highest BCUT2D eigenvalue weighted by molar-refractivity contribution is 5.85. The number of nitrogens with two attached hydrogens (primary N) is 1. The standard InChI is InChI=1S/C10H17N3O4/c11-8(14)4-3-7(10(16)17)13-9(15)5-12-6-1-2-6/h6-7,12H,1-5H2,(H2,11,14)(H,13,15)(H,16,17)/t7-/m0/s1. The fourth-order valence-corrected chi connectivity index (χ4v) is 1.31. The number of amides is 2. The van der Waals surface area contributed by atoms with Crippen LogP contribution in [0.15, 0.2) is 0 Å². The van der Waals surface area contributed by atoms with E-state index < -0.39 is 17.9 Å². The van der Waals surface area contributed by atoms with Crippen molar-refractivity contribution >= 4 is 17.8 Å². The molecule has 1 rings (SSSR count). The minimum atomic E-state index is -1.16. The van der Waals surface area contributed by atoms with Gasteiger partial charge in [-0.05, 0) is 19.3 Å². The predicted molar refractivity (Wildman–Crippen MR) is 59.0 cm³/mol. The summed E-state index contributed by atoms with van der Waals surface area (Å²) in [5, 5.41) is 14.2. The molecule has 0 unspecified atom stereocenters. The molecule has 0 radical (unpaired) electrons. The van der Waals surface area contributed by atoms with Gasteiger partial charge in [-0.15, -0.1) is 0 Å². The molecule has 17 heavy (non-hydrogen) atoms. The molecule has 0 aromatic heterocycles. The summed E-state index contributed by atoms with van der Waals surface area (Å²) in [5.41, 5.74) is 4.92. The van der Waals surface area contributed by atoms with E-state index in [1.165, 1.54) is 0 Å². The van der Waals surface area contributed by atoms with Gasteiger partial charge in [0.25, 0.3) is 0 Å². The summed E-state index contributed by atoms with van der Waals surface area (Å²) in [6, 6.07) is -0.675. The zero-order valence-corrected chi connectivity index (χ0v) is 9.44. The number of aliphatic carboxylic acids is 1. The van der Waals surface area contributed by atoms with Crippen molar-refractivity contribution in [3.8, 4) is 0 Å². The average molecular weight is 243 g/mol. The first kappa shape index (κ1) is 13.4. The van der Waals surface area contributed by atoms with Gasteiger partial charge >= 0.3 is 5.97 Å². The van der Waals surface area contributed by atoms with E-state index in [2.05, 4.69) is 10.6 Å². The van der Waals surface area contributed by atoms with Gasteiger partial charge in [0.1, 0.15) is 6.04 Å². The van der Waals surface area contributed by atoms with E-state index in [0.29, 0.717) is 6.04 Å². The highest BCUT2D eigenvalue weighted by Gasteiger charge is 2.23. The summed E-state index contributed by atoms with van der Waals surface area (Å²) < 4.78 is 0.